The first-order valence-electron chi connectivity index (χ1n) is 5.53. The summed E-state index contributed by atoms with van der Waals surface area (Å²) in [5.74, 6) is 0.690. The Kier molecular flexibility index (Phi) is 6.07. The first kappa shape index (κ1) is 15.7. The number of nitrogens with two attached hydrogens (primary N) is 2. The van der Waals surface area contributed by atoms with E-state index in [2.05, 4.69) is 15.9 Å². The summed E-state index contributed by atoms with van der Waals surface area (Å²) in [6.07, 6.45) is 0. The zero-order valence-electron chi connectivity index (χ0n) is 10.8. The fourth-order valence-corrected chi connectivity index (χ4v) is 2.27. The van der Waals surface area contributed by atoms with Crippen molar-refractivity contribution < 1.29 is 19.0 Å². The summed E-state index contributed by atoms with van der Waals surface area (Å²) in [4.78, 5) is 10.6. The summed E-state index contributed by atoms with van der Waals surface area (Å²) in [6, 6.07) is 3.13. The maximum absolute atomic E-state index is 10.6. The molecular formula is C12H17BrN2O4. The molecule has 0 aliphatic carbocycles. The predicted molar refractivity (Wildman–Crippen MR) is 74.2 cm³/mol. The van der Waals surface area contributed by atoms with Crippen molar-refractivity contribution >= 4 is 21.8 Å². The standard InChI is InChI=1S/C12H17BrN2O4/c1-17-9-4-3-7(12(18-2)11(9)13)8(14)5-19-6-10(15)16/h3-4,8H,5-6,14H2,1-2H3,(H2,15,16). The van der Waals surface area contributed by atoms with Gasteiger partial charge < -0.3 is 25.7 Å². The summed E-state index contributed by atoms with van der Waals surface area (Å²) in [6.45, 7) is 0.00537. The van der Waals surface area contributed by atoms with Gasteiger partial charge in [-0.2, -0.15) is 0 Å². The van der Waals surface area contributed by atoms with Crippen LogP contribution in [0.5, 0.6) is 11.5 Å². The number of carbonyl (C=O) groups excluding carboxylic acids is 1. The lowest BCUT2D eigenvalue weighted by atomic mass is 10.1. The Morgan fingerprint density at radius 3 is 2.58 bits per heavy atom. The number of rotatable bonds is 7. The SMILES string of the molecule is COc1ccc(C(N)COCC(N)=O)c(OC)c1Br. The van der Waals surface area contributed by atoms with Crippen molar-refractivity contribution in [2.45, 2.75) is 6.04 Å². The zero-order chi connectivity index (χ0) is 14.4. The number of ether oxygens (including phenoxy) is 3. The van der Waals surface area contributed by atoms with E-state index < -0.39 is 11.9 Å². The molecule has 1 atom stereocenters. The highest BCUT2D eigenvalue weighted by Crippen LogP contribution is 2.39. The van der Waals surface area contributed by atoms with Gasteiger partial charge in [-0.3, -0.25) is 4.79 Å². The van der Waals surface area contributed by atoms with Crippen LogP contribution in [0.3, 0.4) is 0 Å². The summed E-state index contributed by atoms with van der Waals surface area (Å²) in [7, 11) is 3.11. The van der Waals surface area contributed by atoms with Crippen LogP contribution in [0.4, 0.5) is 0 Å². The molecule has 0 aromatic heterocycles. The van der Waals surface area contributed by atoms with Gasteiger partial charge in [0.2, 0.25) is 5.91 Å². The fourth-order valence-electron chi connectivity index (χ4n) is 1.59. The van der Waals surface area contributed by atoms with Gasteiger partial charge in [0.1, 0.15) is 22.6 Å². The molecule has 0 radical (unpaired) electrons. The summed E-state index contributed by atoms with van der Waals surface area (Å²) in [5, 5.41) is 0. The van der Waals surface area contributed by atoms with E-state index in [4.69, 9.17) is 25.7 Å². The highest BCUT2D eigenvalue weighted by molar-refractivity contribution is 9.10. The third kappa shape index (κ3) is 4.09. The van der Waals surface area contributed by atoms with E-state index in [0.717, 1.165) is 5.56 Å². The molecule has 1 aromatic rings. The van der Waals surface area contributed by atoms with Gasteiger partial charge in [0.05, 0.1) is 26.9 Å². The van der Waals surface area contributed by atoms with Gasteiger partial charge in [-0.25, -0.2) is 0 Å². The van der Waals surface area contributed by atoms with Crippen LogP contribution in [0.15, 0.2) is 16.6 Å². The van der Waals surface area contributed by atoms with E-state index in [9.17, 15) is 4.79 Å². The van der Waals surface area contributed by atoms with Crippen LogP contribution in [-0.4, -0.2) is 33.3 Å². The number of amides is 1. The van der Waals surface area contributed by atoms with Crippen molar-refractivity contribution in [2.24, 2.45) is 11.5 Å². The maximum atomic E-state index is 10.6. The Hall–Kier alpha value is -1.31. The van der Waals surface area contributed by atoms with Crippen LogP contribution in [-0.2, 0) is 9.53 Å². The number of methoxy groups -OCH3 is 2. The molecule has 1 amide bonds. The van der Waals surface area contributed by atoms with Crippen LogP contribution in [0.1, 0.15) is 11.6 Å². The third-order valence-corrected chi connectivity index (χ3v) is 3.21. The van der Waals surface area contributed by atoms with Crippen LogP contribution in [0.2, 0.25) is 0 Å². The van der Waals surface area contributed by atoms with Crippen molar-refractivity contribution in [3.63, 3.8) is 0 Å². The molecule has 1 rings (SSSR count). The van der Waals surface area contributed by atoms with Gasteiger partial charge in [0.15, 0.2) is 0 Å². The lowest BCUT2D eigenvalue weighted by Crippen LogP contribution is -2.23. The first-order valence-corrected chi connectivity index (χ1v) is 6.32. The number of hydrogen-bond acceptors (Lipinski definition) is 5. The Balaban J connectivity index is 2.87. The average Bonchev–Trinajstić information content (AvgIpc) is 2.37. The number of hydrogen-bond donors (Lipinski definition) is 2. The van der Waals surface area contributed by atoms with Gasteiger partial charge in [-0.05, 0) is 28.1 Å². The Labute approximate surface area is 120 Å². The van der Waals surface area contributed by atoms with Crippen LogP contribution >= 0.6 is 15.9 Å². The predicted octanol–water partition coefficient (Wildman–Crippen LogP) is 0.968. The molecule has 0 fully saturated rings. The van der Waals surface area contributed by atoms with Gasteiger partial charge in [-0.15, -0.1) is 0 Å². The monoisotopic (exact) mass is 332 g/mol. The molecule has 0 aliphatic rings. The minimum atomic E-state index is -0.532. The second-order valence-corrected chi connectivity index (χ2v) is 4.59. The Bertz CT molecular complexity index is 454. The highest BCUT2D eigenvalue weighted by atomic mass is 79.9. The molecular weight excluding hydrogens is 316 g/mol. The minimum Gasteiger partial charge on any atom is -0.495 e. The summed E-state index contributed by atoms with van der Waals surface area (Å²) < 4.78 is 16.3. The summed E-state index contributed by atoms with van der Waals surface area (Å²) >= 11 is 3.39. The molecule has 106 valence electrons. The number of primary amides is 1. The van der Waals surface area contributed by atoms with Crippen LogP contribution in [0, 0.1) is 0 Å². The Morgan fingerprint density at radius 2 is 2.05 bits per heavy atom. The zero-order valence-corrected chi connectivity index (χ0v) is 12.4. The molecule has 1 aromatic carbocycles. The van der Waals surface area contributed by atoms with Gasteiger partial charge in [-0.1, -0.05) is 0 Å². The molecule has 7 heteroatoms. The Morgan fingerprint density at radius 1 is 1.37 bits per heavy atom. The smallest absolute Gasteiger partial charge is 0.243 e. The molecule has 0 bridgehead atoms. The van der Waals surface area contributed by atoms with Crippen molar-refractivity contribution in [2.75, 3.05) is 27.4 Å². The van der Waals surface area contributed by atoms with Gasteiger partial charge in [0, 0.05) is 5.56 Å². The second kappa shape index (κ2) is 7.32. The quantitative estimate of drug-likeness (QED) is 0.775. The van der Waals surface area contributed by atoms with Gasteiger partial charge >= 0.3 is 0 Å². The number of benzene rings is 1. The maximum Gasteiger partial charge on any atom is 0.243 e. The van der Waals surface area contributed by atoms with Crippen LogP contribution < -0.4 is 20.9 Å². The number of halogens is 1. The van der Waals surface area contributed by atoms with Crippen molar-refractivity contribution in [3.8, 4) is 11.5 Å². The molecule has 0 heterocycles. The van der Waals surface area contributed by atoms with E-state index in [-0.39, 0.29) is 13.2 Å². The molecule has 6 nitrogen and oxygen atoms in total. The van der Waals surface area contributed by atoms with Crippen molar-refractivity contribution in [1.29, 1.82) is 0 Å². The normalized spacial score (nSPS) is 12.0. The molecule has 0 saturated heterocycles. The largest absolute Gasteiger partial charge is 0.495 e. The number of carbonyl (C=O) groups is 1. The van der Waals surface area contributed by atoms with E-state index in [1.807, 2.05) is 0 Å². The van der Waals surface area contributed by atoms with Gasteiger partial charge in [0.25, 0.3) is 0 Å². The van der Waals surface area contributed by atoms with E-state index >= 15 is 0 Å². The average molecular weight is 333 g/mol. The third-order valence-electron chi connectivity index (χ3n) is 2.46. The highest BCUT2D eigenvalue weighted by Gasteiger charge is 2.18. The van der Waals surface area contributed by atoms with Crippen molar-refractivity contribution in [1.82, 2.24) is 0 Å². The van der Waals surface area contributed by atoms with E-state index in [1.54, 1.807) is 26.4 Å². The minimum absolute atomic E-state index is 0.159. The summed E-state index contributed by atoms with van der Waals surface area (Å²) in [5.41, 5.74) is 11.7. The molecule has 0 spiro atoms. The van der Waals surface area contributed by atoms with Crippen LogP contribution in [0.25, 0.3) is 0 Å². The fraction of sp³-hybridized carbons (Fsp3) is 0.417. The molecule has 1 unspecified atom stereocenters. The van der Waals surface area contributed by atoms with E-state index in [0.29, 0.717) is 16.0 Å². The molecule has 19 heavy (non-hydrogen) atoms. The molecule has 0 saturated carbocycles. The van der Waals surface area contributed by atoms with E-state index in [1.165, 1.54) is 0 Å². The lowest BCUT2D eigenvalue weighted by Gasteiger charge is -2.18. The molecule has 0 aliphatic heterocycles. The van der Waals surface area contributed by atoms with Crippen molar-refractivity contribution in [3.05, 3.63) is 22.2 Å². The lowest BCUT2D eigenvalue weighted by molar-refractivity contribution is -0.122. The first-order chi connectivity index (χ1) is 9.01. The topological polar surface area (TPSA) is 96.8 Å². The second-order valence-electron chi connectivity index (χ2n) is 3.79. The molecule has 4 N–H and O–H groups in total.